The highest BCUT2D eigenvalue weighted by Gasteiger charge is 2.35. The first-order chi connectivity index (χ1) is 14.4. The van der Waals surface area contributed by atoms with Crippen LogP contribution in [0.25, 0.3) is 17.0 Å². The molecule has 0 atom stereocenters. The number of fused-ring (bicyclic) bond motifs is 1. The number of rotatable bonds is 3. The van der Waals surface area contributed by atoms with Crippen molar-refractivity contribution in [1.29, 1.82) is 0 Å². The average molecular weight is 454 g/mol. The third-order valence-corrected chi connectivity index (χ3v) is 5.75. The molecule has 0 unspecified atom stereocenters. The number of hydrogen-bond acceptors (Lipinski definition) is 3. The van der Waals surface area contributed by atoms with Crippen molar-refractivity contribution in [3.8, 4) is 12.3 Å². The van der Waals surface area contributed by atoms with Crippen molar-refractivity contribution >= 4 is 75.0 Å². The Morgan fingerprint density at radius 2 is 1.90 bits per heavy atom. The predicted octanol–water partition coefficient (Wildman–Crippen LogP) is 4.41. The fourth-order valence-corrected chi connectivity index (χ4v) is 3.97. The SMILES string of the molecule is C#CCn1cc(/C=C2\C(=O)NC(=S)N(c3cccc(Cl)c3Cl)C2=O)c2ccccc21. The molecule has 148 valence electrons. The number of anilines is 1. The number of nitrogens with one attached hydrogen (secondary N) is 1. The van der Waals surface area contributed by atoms with Crippen LogP contribution >= 0.6 is 35.4 Å². The van der Waals surface area contributed by atoms with Crippen LogP contribution in [0.15, 0.2) is 54.2 Å². The molecule has 1 fully saturated rings. The van der Waals surface area contributed by atoms with Crippen LogP contribution in [0.2, 0.25) is 10.0 Å². The van der Waals surface area contributed by atoms with E-state index in [0.29, 0.717) is 17.8 Å². The Morgan fingerprint density at radius 3 is 2.67 bits per heavy atom. The number of hydrogen-bond donors (Lipinski definition) is 1. The predicted molar refractivity (Wildman–Crippen MR) is 123 cm³/mol. The van der Waals surface area contributed by atoms with Crippen LogP contribution in [0.1, 0.15) is 5.56 Å². The summed E-state index contributed by atoms with van der Waals surface area (Å²) >= 11 is 17.6. The van der Waals surface area contributed by atoms with E-state index >= 15 is 0 Å². The van der Waals surface area contributed by atoms with Crippen molar-refractivity contribution < 1.29 is 9.59 Å². The summed E-state index contributed by atoms with van der Waals surface area (Å²) in [4.78, 5) is 27.0. The molecule has 0 spiro atoms. The summed E-state index contributed by atoms with van der Waals surface area (Å²) in [6, 6.07) is 12.4. The van der Waals surface area contributed by atoms with Gasteiger partial charge in [0.15, 0.2) is 5.11 Å². The maximum atomic E-state index is 13.3. The van der Waals surface area contributed by atoms with Crippen molar-refractivity contribution in [3.63, 3.8) is 0 Å². The van der Waals surface area contributed by atoms with Gasteiger partial charge in [-0.25, -0.2) is 0 Å². The van der Waals surface area contributed by atoms with Crippen molar-refractivity contribution in [2.24, 2.45) is 0 Å². The summed E-state index contributed by atoms with van der Waals surface area (Å²) in [7, 11) is 0. The molecule has 1 aliphatic heterocycles. The zero-order chi connectivity index (χ0) is 21.4. The lowest BCUT2D eigenvalue weighted by atomic mass is 10.1. The molecule has 2 heterocycles. The summed E-state index contributed by atoms with van der Waals surface area (Å²) in [6.07, 6.45) is 8.80. The molecule has 1 saturated heterocycles. The monoisotopic (exact) mass is 453 g/mol. The number of para-hydroxylation sites is 1. The molecule has 2 amide bonds. The van der Waals surface area contributed by atoms with Crippen LogP contribution in [-0.4, -0.2) is 21.5 Å². The summed E-state index contributed by atoms with van der Waals surface area (Å²) < 4.78 is 1.88. The minimum absolute atomic E-state index is 0.0684. The van der Waals surface area contributed by atoms with E-state index in [1.54, 1.807) is 18.2 Å². The lowest BCUT2D eigenvalue weighted by Gasteiger charge is -2.29. The zero-order valence-electron chi connectivity index (χ0n) is 15.4. The largest absolute Gasteiger partial charge is 0.335 e. The van der Waals surface area contributed by atoms with Crippen LogP contribution in [0.3, 0.4) is 0 Å². The van der Waals surface area contributed by atoms with E-state index in [9.17, 15) is 9.59 Å². The van der Waals surface area contributed by atoms with Gasteiger partial charge < -0.3 is 4.57 Å². The van der Waals surface area contributed by atoms with Gasteiger partial charge in [0.2, 0.25) is 0 Å². The van der Waals surface area contributed by atoms with E-state index in [1.165, 1.54) is 6.08 Å². The van der Waals surface area contributed by atoms with E-state index < -0.39 is 11.8 Å². The van der Waals surface area contributed by atoms with Crippen LogP contribution in [0.5, 0.6) is 0 Å². The van der Waals surface area contributed by atoms with Gasteiger partial charge in [-0.05, 0) is 36.5 Å². The number of halogens is 2. The number of thiocarbonyl (C=S) groups is 1. The standard InChI is InChI=1S/C22H13Cl2N3O2S/c1-2-10-26-12-13(14-6-3-4-8-17(14)26)11-15-20(28)25-22(30)27(21(15)29)18-9-5-7-16(23)19(18)24/h1,3-9,11-12H,10H2,(H,25,28,30)/b15-11+. The normalized spacial score (nSPS) is 15.6. The first kappa shape index (κ1) is 20.2. The van der Waals surface area contributed by atoms with Gasteiger partial charge >= 0.3 is 0 Å². The van der Waals surface area contributed by atoms with E-state index in [4.69, 9.17) is 41.8 Å². The summed E-state index contributed by atoms with van der Waals surface area (Å²) in [6.45, 7) is 0.359. The Balaban J connectivity index is 1.84. The van der Waals surface area contributed by atoms with Gasteiger partial charge in [-0.2, -0.15) is 0 Å². The molecule has 8 heteroatoms. The van der Waals surface area contributed by atoms with Gasteiger partial charge in [0.25, 0.3) is 11.8 Å². The van der Waals surface area contributed by atoms with Crippen molar-refractivity contribution in [3.05, 3.63) is 69.8 Å². The van der Waals surface area contributed by atoms with Gasteiger partial charge in [0.1, 0.15) is 5.57 Å². The number of amides is 2. The van der Waals surface area contributed by atoms with E-state index in [-0.39, 0.29) is 20.7 Å². The summed E-state index contributed by atoms with van der Waals surface area (Å²) in [5, 5.41) is 3.77. The molecular formula is C22H13Cl2N3O2S. The van der Waals surface area contributed by atoms with Gasteiger partial charge in [-0.15, -0.1) is 6.42 Å². The summed E-state index contributed by atoms with van der Waals surface area (Å²) in [5.74, 6) is 1.41. The number of nitrogens with zero attached hydrogens (tertiary/aromatic N) is 2. The molecule has 5 nitrogen and oxygen atoms in total. The highest BCUT2D eigenvalue weighted by atomic mass is 35.5. The highest BCUT2D eigenvalue weighted by molar-refractivity contribution is 7.80. The number of carbonyl (C=O) groups excluding carboxylic acids is 2. The third kappa shape index (κ3) is 3.37. The van der Waals surface area contributed by atoms with Gasteiger partial charge in [-0.1, -0.05) is 53.4 Å². The minimum atomic E-state index is -0.596. The van der Waals surface area contributed by atoms with Crippen LogP contribution in [-0.2, 0) is 16.1 Å². The van der Waals surface area contributed by atoms with Gasteiger partial charge in [0, 0.05) is 22.7 Å². The van der Waals surface area contributed by atoms with E-state index in [2.05, 4.69) is 11.2 Å². The minimum Gasteiger partial charge on any atom is -0.335 e. The smallest absolute Gasteiger partial charge is 0.270 e. The second-order valence-electron chi connectivity index (χ2n) is 6.46. The molecule has 0 radical (unpaired) electrons. The first-order valence-electron chi connectivity index (χ1n) is 8.79. The number of benzene rings is 2. The molecule has 0 aliphatic carbocycles. The number of terminal acetylenes is 1. The molecule has 1 N–H and O–H groups in total. The molecule has 30 heavy (non-hydrogen) atoms. The molecule has 1 aliphatic rings. The lowest BCUT2D eigenvalue weighted by Crippen LogP contribution is -2.54. The Kier molecular flexibility index (Phi) is 5.35. The Morgan fingerprint density at radius 1 is 1.13 bits per heavy atom. The van der Waals surface area contributed by atoms with Crippen molar-refractivity contribution in [2.45, 2.75) is 6.54 Å². The summed E-state index contributed by atoms with van der Waals surface area (Å²) in [5.41, 5.74) is 1.80. The van der Waals surface area contributed by atoms with E-state index in [1.807, 2.05) is 35.0 Å². The van der Waals surface area contributed by atoms with Crippen LogP contribution < -0.4 is 10.2 Å². The second-order valence-corrected chi connectivity index (χ2v) is 7.64. The molecule has 1 aromatic heterocycles. The molecule has 4 rings (SSSR count). The topological polar surface area (TPSA) is 54.3 Å². The van der Waals surface area contributed by atoms with Crippen molar-refractivity contribution in [2.75, 3.05) is 4.90 Å². The molecule has 0 bridgehead atoms. The Labute approximate surface area is 187 Å². The average Bonchev–Trinajstić information content (AvgIpc) is 3.06. The Hall–Kier alpha value is -3.11. The highest BCUT2D eigenvalue weighted by Crippen LogP contribution is 2.34. The second kappa shape index (κ2) is 7.96. The number of carbonyl (C=O) groups is 2. The quantitative estimate of drug-likeness (QED) is 0.276. The molecule has 0 saturated carbocycles. The van der Waals surface area contributed by atoms with Gasteiger partial charge in [0.05, 0.1) is 22.3 Å². The fraction of sp³-hybridized carbons (Fsp3) is 0.0455. The third-order valence-electron chi connectivity index (χ3n) is 4.65. The molecule has 2 aromatic carbocycles. The van der Waals surface area contributed by atoms with Crippen LogP contribution in [0.4, 0.5) is 5.69 Å². The molecule has 3 aromatic rings. The van der Waals surface area contributed by atoms with Gasteiger partial charge in [-0.3, -0.25) is 19.8 Å². The van der Waals surface area contributed by atoms with Crippen LogP contribution in [0, 0.1) is 12.3 Å². The fourth-order valence-electron chi connectivity index (χ4n) is 3.32. The zero-order valence-corrected chi connectivity index (χ0v) is 17.7. The maximum absolute atomic E-state index is 13.3. The lowest BCUT2D eigenvalue weighted by molar-refractivity contribution is -0.122. The molecular weight excluding hydrogens is 441 g/mol. The van der Waals surface area contributed by atoms with Crippen molar-refractivity contribution in [1.82, 2.24) is 9.88 Å². The number of aromatic nitrogens is 1. The Bertz CT molecular complexity index is 1300. The maximum Gasteiger partial charge on any atom is 0.270 e. The first-order valence-corrected chi connectivity index (χ1v) is 9.95. The van der Waals surface area contributed by atoms with E-state index in [0.717, 1.165) is 15.8 Å².